The highest BCUT2D eigenvalue weighted by molar-refractivity contribution is 5.78. The fraction of sp³-hybridized carbons (Fsp3) is 0.917. The van der Waals surface area contributed by atoms with E-state index in [-0.39, 0.29) is 5.91 Å². The zero-order chi connectivity index (χ0) is 11.4. The van der Waals surface area contributed by atoms with E-state index in [9.17, 15) is 4.79 Å². The van der Waals surface area contributed by atoms with Crippen molar-refractivity contribution in [3.63, 3.8) is 0 Å². The number of piperazine rings is 1. The van der Waals surface area contributed by atoms with E-state index in [2.05, 4.69) is 17.1 Å². The van der Waals surface area contributed by atoms with E-state index in [1.807, 2.05) is 4.90 Å². The van der Waals surface area contributed by atoms with Gasteiger partial charge in [-0.2, -0.15) is 0 Å². The number of nitrogens with one attached hydrogen (secondary N) is 1. The molecule has 2 fully saturated rings. The third-order valence-electron chi connectivity index (χ3n) is 3.58. The maximum absolute atomic E-state index is 11.8. The first-order valence-corrected chi connectivity index (χ1v) is 6.50. The lowest BCUT2D eigenvalue weighted by molar-refractivity contribution is -0.131. The molecular weight excluding hydrogens is 202 g/mol. The molecule has 0 bridgehead atoms. The van der Waals surface area contributed by atoms with Crippen molar-refractivity contribution < 1.29 is 4.79 Å². The summed E-state index contributed by atoms with van der Waals surface area (Å²) in [4.78, 5) is 16.2. The van der Waals surface area contributed by atoms with E-state index >= 15 is 0 Å². The Morgan fingerprint density at radius 2 is 1.94 bits per heavy atom. The monoisotopic (exact) mass is 225 g/mol. The number of carbonyl (C=O) groups is 1. The van der Waals surface area contributed by atoms with Crippen molar-refractivity contribution in [2.75, 3.05) is 45.8 Å². The van der Waals surface area contributed by atoms with Crippen molar-refractivity contribution >= 4 is 5.91 Å². The molecular formula is C12H23N3O. The first-order valence-electron chi connectivity index (χ1n) is 6.50. The molecule has 0 spiro atoms. The summed E-state index contributed by atoms with van der Waals surface area (Å²) in [5.74, 6) is 1.13. The maximum atomic E-state index is 11.8. The van der Waals surface area contributed by atoms with Gasteiger partial charge in [0.15, 0.2) is 0 Å². The summed E-state index contributed by atoms with van der Waals surface area (Å²) in [7, 11) is 0. The molecule has 0 atom stereocenters. The average Bonchev–Trinajstić information content (AvgIpc) is 3.13. The Kier molecular flexibility index (Phi) is 4.18. The molecule has 2 aliphatic rings. The lowest BCUT2D eigenvalue weighted by Gasteiger charge is -2.34. The zero-order valence-electron chi connectivity index (χ0n) is 10.2. The normalized spacial score (nSPS) is 22.4. The van der Waals surface area contributed by atoms with Crippen LogP contribution in [-0.2, 0) is 4.79 Å². The summed E-state index contributed by atoms with van der Waals surface area (Å²) in [6.45, 7) is 8.70. The minimum absolute atomic E-state index is 0.274. The van der Waals surface area contributed by atoms with Crippen molar-refractivity contribution in [1.29, 1.82) is 0 Å². The number of nitrogens with zero attached hydrogens (tertiary/aromatic N) is 2. The Labute approximate surface area is 98.0 Å². The number of likely N-dealkylation sites (N-methyl/N-ethyl adjacent to an activating group) is 1. The smallest absolute Gasteiger partial charge is 0.236 e. The topological polar surface area (TPSA) is 35.6 Å². The molecule has 92 valence electrons. The molecule has 0 aromatic rings. The second kappa shape index (κ2) is 5.64. The zero-order valence-corrected chi connectivity index (χ0v) is 10.2. The van der Waals surface area contributed by atoms with Gasteiger partial charge in [-0.15, -0.1) is 0 Å². The van der Waals surface area contributed by atoms with Gasteiger partial charge in [0.2, 0.25) is 5.91 Å². The number of hydrogen-bond acceptors (Lipinski definition) is 3. The van der Waals surface area contributed by atoms with Crippen LogP contribution in [-0.4, -0.2) is 61.5 Å². The van der Waals surface area contributed by atoms with Crippen LogP contribution < -0.4 is 5.32 Å². The van der Waals surface area contributed by atoms with Crippen LogP contribution in [0.3, 0.4) is 0 Å². The van der Waals surface area contributed by atoms with Crippen molar-refractivity contribution in [3.8, 4) is 0 Å². The molecule has 16 heavy (non-hydrogen) atoms. The van der Waals surface area contributed by atoms with Gasteiger partial charge in [-0.05, 0) is 31.8 Å². The summed E-state index contributed by atoms with van der Waals surface area (Å²) in [6, 6.07) is 0. The van der Waals surface area contributed by atoms with Crippen LogP contribution in [0.4, 0.5) is 0 Å². The fourth-order valence-corrected chi connectivity index (χ4v) is 2.13. The molecule has 0 radical (unpaired) electrons. The van der Waals surface area contributed by atoms with E-state index in [1.54, 1.807) is 0 Å². The number of rotatable bonds is 5. The third kappa shape index (κ3) is 3.46. The Morgan fingerprint density at radius 3 is 2.50 bits per heavy atom. The molecule has 1 heterocycles. The lowest BCUT2D eigenvalue weighted by atomic mass is 10.3. The van der Waals surface area contributed by atoms with Crippen LogP contribution in [0.1, 0.15) is 19.8 Å². The van der Waals surface area contributed by atoms with Crippen LogP contribution >= 0.6 is 0 Å². The molecule has 0 unspecified atom stereocenters. The number of carbonyl (C=O) groups excluding carboxylic acids is 1. The van der Waals surface area contributed by atoms with Crippen LogP contribution in [0.25, 0.3) is 0 Å². The van der Waals surface area contributed by atoms with Crippen LogP contribution in [0, 0.1) is 5.92 Å². The summed E-state index contributed by atoms with van der Waals surface area (Å²) in [5.41, 5.74) is 0. The highest BCUT2D eigenvalue weighted by Crippen LogP contribution is 2.27. The van der Waals surface area contributed by atoms with Crippen LogP contribution in [0.5, 0.6) is 0 Å². The van der Waals surface area contributed by atoms with Crippen LogP contribution in [0.2, 0.25) is 0 Å². The highest BCUT2D eigenvalue weighted by atomic mass is 16.2. The lowest BCUT2D eigenvalue weighted by Crippen LogP contribution is -2.50. The Hall–Kier alpha value is -0.610. The molecule has 1 aliphatic heterocycles. The second-order valence-corrected chi connectivity index (χ2v) is 4.89. The average molecular weight is 225 g/mol. The van der Waals surface area contributed by atoms with Gasteiger partial charge < -0.3 is 15.1 Å². The Balaban J connectivity index is 1.61. The maximum Gasteiger partial charge on any atom is 0.236 e. The van der Waals surface area contributed by atoms with Crippen LogP contribution in [0.15, 0.2) is 0 Å². The van der Waals surface area contributed by atoms with E-state index in [0.717, 1.165) is 45.2 Å². The van der Waals surface area contributed by atoms with E-state index in [1.165, 1.54) is 12.8 Å². The minimum atomic E-state index is 0.274. The summed E-state index contributed by atoms with van der Waals surface area (Å²) >= 11 is 0. The minimum Gasteiger partial charge on any atom is -0.339 e. The first kappa shape index (κ1) is 11.9. The molecule has 1 saturated carbocycles. The molecule has 1 saturated heterocycles. The standard InChI is InChI=1S/C12H23N3O/c1-2-14-5-7-15(8-6-14)12(16)10-13-9-11-3-4-11/h11,13H,2-10H2,1H3. The van der Waals surface area contributed by atoms with Gasteiger partial charge in [-0.25, -0.2) is 0 Å². The first-order chi connectivity index (χ1) is 7.79. The Morgan fingerprint density at radius 1 is 1.25 bits per heavy atom. The van der Waals surface area contributed by atoms with E-state index in [4.69, 9.17) is 0 Å². The fourth-order valence-electron chi connectivity index (χ4n) is 2.13. The van der Waals surface area contributed by atoms with E-state index in [0.29, 0.717) is 6.54 Å². The quantitative estimate of drug-likeness (QED) is 0.723. The van der Waals surface area contributed by atoms with Gasteiger partial charge in [0.05, 0.1) is 6.54 Å². The molecule has 0 aromatic heterocycles. The van der Waals surface area contributed by atoms with Gasteiger partial charge >= 0.3 is 0 Å². The summed E-state index contributed by atoms with van der Waals surface area (Å²) < 4.78 is 0. The van der Waals surface area contributed by atoms with Crippen molar-refractivity contribution in [1.82, 2.24) is 15.1 Å². The van der Waals surface area contributed by atoms with Crippen molar-refractivity contribution in [2.45, 2.75) is 19.8 Å². The molecule has 4 nitrogen and oxygen atoms in total. The van der Waals surface area contributed by atoms with Gasteiger partial charge in [0, 0.05) is 26.2 Å². The predicted octanol–water partition coefficient (Wildman–Crippen LogP) is 0.150. The summed E-state index contributed by atoms with van der Waals surface area (Å²) in [5, 5.41) is 3.26. The molecule has 1 N–H and O–H groups in total. The number of hydrogen-bond donors (Lipinski definition) is 1. The molecule has 1 amide bonds. The van der Waals surface area contributed by atoms with Gasteiger partial charge in [-0.3, -0.25) is 4.79 Å². The SMILES string of the molecule is CCN1CCN(C(=O)CNCC2CC2)CC1. The Bertz CT molecular complexity index is 232. The van der Waals surface area contributed by atoms with Gasteiger partial charge in [0.1, 0.15) is 0 Å². The van der Waals surface area contributed by atoms with Gasteiger partial charge in [-0.1, -0.05) is 6.92 Å². The molecule has 1 aliphatic carbocycles. The molecule has 4 heteroatoms. The van der Waals surface area contributed by atoms with E-state index < -0.39 is 0 Å². The second-order valence-electron chi connectivity index (χ2n) is 4.89. The highest BCUT2D eigenvalue weighted by Gasteiger charge is 2.22. The third-order valence-corrected chi connectivity index (χ3v) is 3.58. The van der Waals surface area contributed by atoms with Gasteiger partial charge in [0.25, 0.3) is 0 Å². The van der Waals surface area contributed by atoms with Crippen molar-refractivity contribution in [3.05, 3.63) is 0 Å². The largest absolute Gasteiger partial charge is 0.339 e. The molecule has 2 rings (SSSR count). The summed E-state index contributed by atoms with van der Waals surface area (Å²) in [6.07, 6.45) is 2.69. The number of amides is 1. The van der Waals surface area contributed by atoms with Crippen molar-refractivity contribution in [2.24, 2.45) is 5.92 Å². The predicted molar refractivity (Wildman–Crippen MR) is 64.3 cm³/mol. The molecule has 0 aromatic carbocycles.